The van der Waals surface area contributed by atoms with Crippen molar-refractivity contribution in [1.29, 1.82) is 0 Å². The fourth-order valence-corrected chi connectivity index (χ4v) is 2.48. The van der Waals surface area contributed by atoms with Gasteiger partial charge in [0.05, 0.1) is 0 Å². The molecule has 0 unspecified atom stereocenters. The average Bonchev–Trinajstić information content (AvgIpc) is 2.58. The Balaban J connectivity index is 5.52. The highest BCUT2D eigenvalue weighted by Crippen LogP contribution is 2.53. The first-order valence-electron chi connectivity index (χ1n) is 9.18. The van der Waals surface area contributed by atoms with E-state index in [1.54, 1.807) is 0 Å². The minimum absolute atomic E-state index is 0.144. The first-order chi connectivity index (χ1) is 12.7. The van der Waals surface area contributed by atoms with Gasteiger partial charge in [0.15, 0.2) is 0 Å². The lowest BCUT2D eigenvalue weighted by Crippen LogP contribution is -2.65. The molecule has 0 spiro atoms. The summed E-state index contributed by atoms with van der Waals surface area (Å²) in [5.41, 5.74) is 0. The number of amides is 1. The average molecular weight is 431 g/mol. The standard InChI is InChI=1S/C17H26F9NO/c1-3-5-7-9-11-27(12-10-8-6-4-2)13(28)14(18,19)15(20,21)16(22,23)17(24,25)26/h3-12H2,1-2H3. The van der Waals surface area contributed by atoms with Crippen molar-refractivity contribution in [2.24, 2.45) is 0 Å². The molecule has 0 radical (unpaired) electrons. The van der Waals surface area contributed by atoms with E-state index in [0.29, 0.717) is 25.7 Å². The highest BCUT2D eigenvalue weighted by atomic mass is 19.4. The summed E-state index contributed by atoms with van der Waals surface area (Å²) in [6, 6.07) is 0. The van der Waals surface area contributed by atoms with Crippen molar-refractivity contribution in [2.75, 3.05) is 13.1 Å². The molecule has 0 atom stereocenters. The normalized spacial score (nSPS) is 13.7. The van der Waals surface area contributed by atoms with Gasteiger partial charge in [-0.25, -0.2) is 0 Å². The van der Waals surface area contributed by atoms with E-state index in [2.05, 4.69) is 0 Å². The molecular formula is C17H26F9NO. The van der Waals surface area contributed by atoms with Crippen molar-refractivity contribution in [3.05, 3.63) is 0 Å². The summed E-state index contributed by atoms with van der Waals surface area (Å²) in [5.74, 6) is -22.9. The first kappa shape index (κ1) is 26.8. The largest absolute Gasteiger partial charge is 0.460 e. The van der Waals surface area contributed by atoms with Gasteiger partial charge in [-0.1, -0.05) is 52.4 Å². The molecule has 0 saturated heterocycles. The molecule has 0 heterocycles. The van der Waals surface area contributed by atoms with Crippen LogP contribution in [0, 0.1) is 0 Å². The highest BCUT2D eigenvalue weighted by Gasteiger charge is 2.84. The van der Waals surface area contributed by atoms with Crippen LogP contribution in [0.2, 0.25) is 0 Å². The summed E-state index contributed by atoms with van der Waals surface area (Å²) in [7, 11) is 0. The van der Waals surface area contributed by atoms with Gasteiger partial charge in [0.2, 0.25) is 0 Å². The van der Waals surface area contributed by atoms with Crippen LogP contribution in [0.4, 0.5) is 39.5 Å². The third-order valence-corrected chi connectivity index (χ3v) is 4.26. The minimum Gasteiger partial charge on any atom is -0.337 e. The van der Waals surface area contributed by atoms with E-state index in [-0.39, 0.29) is 17.7 Å². The molecule has 0 aliphatic rings. The number of carbonyl (C=O) groups excluding carboxylic acids is 1. The second-order valence-corrected chi connectivity index (χ2v) is 6.63. The topological polar surface area (TPSA) is 20.3 Å². The molecule has 0 aromatic rings. The van der Waals surface area contributed by atoms with Gasteiger partial charge >= 0.3 is 23.9 Å². The van der Waals surface area contributed by atoms with Gasteiger partial charge in [-0.3, -0.25) is 4.79 Å². The molecule has 0 saturated carbocycles. The van der Waals surface area contributed by atoms with E-state index in [9.17, 15) is 44.3 Å². The lowest BCUT2D eigenvalue weighted by atomic mass is 10.0. The Kier molecular flexibility index (Phi) is 10.1. The van der Waals surface area contributed by atoms with E-state index in [4.69, 9.17) is 0 Å². The lowest BCUT2D eigenvalue weighted by molar-refractivity contribution is -0.389. The predicted molar refractivity (Wildman–Crippen MR) is 85.8 cm³/mol. The Morgan fingerprint density at radius 2 is 1.04 bits per heavy atom. The number of nitrogens with zero attached hydrogens (tertiary/aromatic N) is 1. The number of rotatable bonds is 13. The first-order valence-corrected chi connectivity index (χ1v) is 9.18. The number of unbranched alkanes of at least 4 members (excludes halogenated alkanes) is 6. The van der Waals surface area contributed by atoms with Crippen molar-refractivity contribution < 1.29 is 44.3 Å². The highest BCUT2D eigenvalue weighted by molar-refractivity contribution is 5.85. The number of carbonyl (C=O) groups is 1. The SMILES string of the molecule is CCCCCCN(CCCCCC)C(=O)C(F)(F)C(F)(F)C(F)(F)C(F)(F)F. The fraction of sp³-hybridized carbons (Fsp3) is 0.941. The van der Waals surface area contributed by atoms with Crippen molar-refractivity contribution in [1.82, 2.24) is 4.90 Å². The Hall–Kier alpha value is -1.16. The molecule has 0 aliphatic carbocycles. The molecule has 28 heavy (non-hydrogen) atoms. The summed E-state index contributed by atoms with van der Waals surface area (Å²) >= 11 is 0. The molecule has 0 aromatic heterocycles. The monoisotopic (exact) mass is 431 g/mol. The van der Waals surface area contributed by atoms with Gasteiger partial charge in [-0.05, 0) is 12.8 Å². The van der Waals surface area contributed by atoms with E-state index >= 15 is 0 Å². The summed E-state index contributed by atoms with van der Waals surface area (Å²) in [6.07, 6.45) is -2.89. The van der Waals surface area contributed by atoms with Crippen LogP contribution in [-0.2, 0) is 4.79 Å². The van der Waals surface area contributed by atoms with E-state index in [1.807, 2.05) is 13.8 Å². The van der Waals surface area contributed by atoms with Gasteiger partial charge in [0.25, 0.3) is 5.91 Å². The van der Waals surface area contributed by atoms with Gasteiger partial charge in [0, 0.05) is 13.1 Å². The molecule has 0 bridgehead atoms. The molecule has 2 nitrogen and oxygen atoms in total. The molecular weight excluding hydrogens is 405 g/mol. The molecule has 0 N–H and O–H groups in total. The van der Waals surface area contributed by atoms with Crippen LogP contribution < -0.4 is 0 Å². The van der Waals surface area contributed by atoms with Crippen molar-refractivity contribution in [3.8, 4) is 0 Å². The molecule has 0 rings (SSSR count). The van der Waals surface area contributed by atoms with Crippen LogP contribution >= 0.6 is 0 Å². The minimum atomic E-state index is -7.06. The van der Waals surface area contributed by atoms with E-state index in [1.165, 1.54) is 0 Å². The third kappa shape index (κ3) is 6.17. The Labute approximate surface area is 158 Å². The van der Waals surface area contributed by atoms with Crippen molar-refractivity contribution in [2.45, 2.75) is 89.2 Å². The number of halogens is 9. The third-order valence-electron chi connectivity index (χ3n) is 4.26. The second kappa shape index (κ2) is 10.6. The molecule has 1 amide bonds. The number of hydrogen-bond acceptors (Lipinski definition) is 1. The Morgan fingerprint density at radius 1 is 0.643 bits per heavy atom. The predicted octanol–water partition coefficient (Wildman–Crippen LogP) is 6.44. The molecule has 0 aromatic carbocycles. The zero-order valence-corrected chi connectivity index (χ0v) is 15.8. The second-order valence-electron chi connectivity index (χ2n) is 6.63. The van der Waals surface area contributed by atoms with Crippen LogP contribution in [0.5, 0.6) is 0 Å². The van der Waals surface area contributed by atoms with Crippen LogP contribution in [0.1, 0.15) is 65.2 Å². The zero-order valence-electron chi connectivity index (χ0n) is 15.8. The maximum Gasteiger partial charge on any atom is 0.460 e. The van der Waals surface area contributed by atoms with Gasteiger partial charge < -0.3 is 4.90 Å². The van der Waals surface area contributed by atoms with Crippen LogP contribution in [0.3, 0.4) is 0 Å². The number of alkyl halides is 9. The van der Waals surface area contributed by atoms with Crippen molar-refractivity contribution in [3.63, 3.8) is 0 Å². The molecule has 0 aliphatic heterocycles. The smallest absolute Gasteiger partial charge is 0.337 e. The molecule has 168 valence electrons. The van der Waals surface area contributed by atoms with Gasteiger partial charge in [-0.2, -0.15) is 39.5 Å². The zero-order chi connectivity index (χ0) is 22.2. The Bertz CT molecular complexity index is 466. The van der Waals surface area contributed by atoms with Crippen LogP contribution in [-0.4, -0.2) is 47.8 Å². The van der Waals surface area contributed by atoms with Gasteiger partial charge in [0.1, 0.15) is 0 Å². The maximum absolute atomic E-state index is 13.9. The lowest BCUT2D eigenvalue weighted by Gasteiger charge is -2.35. The van der Waals surface area contributed by atoms with E-state index in [0.717, 1.165) is 12.8 Å². The van der Waals surface area contributed by atoms with Crippen molar-refractivity contribution >= 4 is 5.91 Å². The number of hydrogen-bond donors (Lipinski definition) is 0. The maximum atomic E-state index is 13.9. The van der Waals surface area contributed by atoms with Crippen LogP contribution in [0.15, 0.2) is 0 Å². The van der Waals surface area contributed by atoms with Gasteiger partial charge in [-0.15, -0.1) is 0 Å². The summed E-state index contributed by atoms with van der Waals surface area (Å²) in [5, 5.41) is 0. The fourth-order valence-electron chi connectivity index (χ4n) is 2.48. The summed E-state index contributed by atoms with van der Waals surface area (Å²) in [6.45, 7) is 2.83. The molecule has 0 fully saturated rings. The summed E-state index contributed by atoms with van der Waals surface area (Å²) < 4.78 is 117. The van der Waals surface area contributed by atoms with E-state index < -0.39 is 42.9 Å². The summed E-state index contributed by atoms with van der Waals surface area (Å²) in [4.78, 5) is 12.2. The van der Waals surface area contributed by atoms with Crippen LogP contribution in [0.25, 0.3) is 0 Å². The molecule has 11 heteroatoms. The quantitative estimate of drug-likeness (QED) is 0.243. The Morgan fingerprint density at radius 3 is 1.36 bits per heavy atom.